The van der Waals surface area contributed by atoms with E-state index in [9.17, 15) is 4.79 Å². The van der Waals surface area contributed by atoms with Crippen molar-refractivity contribution in [1.82, 2.24) is 10.3 Å². The fourth-order valence-corrected chi connectivity index (χ4v) is 1.30. The third-order valence-electron chi connectivity index (χ3n) is 2.32. The monoisotopic (exact) mass is 315 g/mol. The van der Waals surface area contributed by atoms with Gasteiger partial charge in [-0.1, -0.05) is 26.1 Å². The summed E-state index contributed by atoms with van der Waals surface area (Å²) in [4.78, 5) is 16.1. The number of halogens is 1. The van der Waals surface area contributed by atoms with E-state index < -0.39 is 5.41 Å². The zero-order chi connectivity index (χ0) is 13.1. The molecule has 0 saturated heterocycles. The number of nitrogens with zero attached hydrogens (tertiary/aromatic N) is 1. The van der Waals surface area contributed by atoms with Crippen LogP contribution in [0, 0.1) is 5.41 Å². The second-order valence-corrected chi connectivity index (χ2v) is 5.65. The molecule has 0 aliphatic heterocycles. The molecule has 0 aromatic carbocycles. The van der Waals surface area contributed by atoms with Gasteiger partial charge in [-0.25, -0.2) is 4.98 Å². The number of rotatable bonds is 4. The molecule has 1 rings (SSSR count). The average Bonchev–Trinajstić information content (AvgIpc) is 2.27. The van der Waals surface area contributed by atoms with Gasteiger partial charge in [0.15, 0.2) is 0 Å². The number of thiocarbonyl (C=S) groups is 1. The molecule has 0 fully saturated rings. The fourth-order valence-electron chi connectivity index (χ4n) is 0.989. The molecule has 0 radical (unpaired) electrons. The lowest BCUT2D eigenvalue weighted by molar-refractivity contribution is 0.0940. The van der Waals surface area contributed by atoms with Crippen LogP contribution in [0.4, 0.5) is 0 Å². The number of carbonyl (C=O) groups is 1. The number of nitrogens with one attached hydrogen (secondary N) is 1. The molecule has 0 aliphatic rings. The minimum atomic E-state index is -0.402. The zero-order valence-electron chi connectivity index (χ0n) is 9.66. The van der Waals surface area contributed by atoms with Crippen molar-refractivity contribution in [3.63, 3.8) is 0 Å². The van der Waals surface area contributed by atoms with Crippen LogP contribution in [0.25, 0.3) is 0 Å². The molecule has 0 saturated carbocycles. The molecule has 92 valence electrons. The Balaban J connectivity index is 2.62. The number of aromatic nitrogens is 1. The third kappa shape index (κ3) is 4.05. The molecule has 6 heteroatoms. The van der Waals surface area contributed by atoms with Gasteiger partial charge in [-0.15, -0.1) is 0 Å². The maximum Gasteiger partial charge on any atom is 0.269 e. The summed E-state index contributed by atoms with van der Waals surface area (Å²) in [7, 11) is 0. The summed E-state index contributed by atoms with van der Waals surface area (Å²) in [6.07, 6.45) is 1.58. The molecule has 17 heavy (non-hydrogen) atoms. The van der Waals surface area contributed by atoms with Crippen LogP contribution in [0.5, 0.6) is 0 Å². The lowest BCUT2D eigenvalue weighted by atomic mass is 9.93. The molecule has 4 nitrogen and oxygen atoms in total. The number of hydrogen-bond donors (Lipinski definition) is 2. The number of hydrogen-bond acceptors (Lipinski definition) is 3. The Morgan fingerprint density at radius 3 is 2.71 bits per heavy atom. The van der Waals surface area contributed by atoms with Crippen molar-refractivity contribution in [2.24, 2.45) is 11.1 Å². The van der Waals surface area contributed by atoms with Crippen LogP contribution in [0.3, 0.4) is 0 Å². The molecule has 0 spiro atoms. The van der Waals surface area contributed by atoms with E-state index in [1.165, 1.54) is 0 Å². The van der Waals surface area contributed by atoms with Crippen molar-refractivity contribution >= 4 is 39.0 Å². The van der Waals surface area contributed by atoms with E-state index in [1.54, 1.807) is 18.3 Å². The summed E-state index contributed by atoms with van der Waals surface area (Å²) < 4.78 is 0.831. The summed E-state index contributed by atoms with van der Waals surface area (Å²) in [6, 6.07) is 3.41. The Labute approximate surface area is 114 Å². The van der Waals surface area contributed by atoms with E-state index in [4.69, 9.17) is 18.0 Å². The molecule has 0 aliphatic carbocycles. The largest absolute Gasteiger partial charge is 0.393 e. The van der Waals surface area contributed by atoms with E-state index in [-0.39, 0.29) is 5.91 Å². The fraction of sp³-hybridized carbons (Fsp3) is 0.364. The van der Waals surface area contributed by atoms with Crippen molar-refractivity contribution < 1.29 is 4.79 Å². The molecule has 1 heterocycles. The first-order valence-corrected chi connectivity index (χ1v) is 6.23. The second-order valence-electron chi connectivity index (χ2n) is 4.29. The topological polar surface area (TPSA) is 68.0 Å². The van der Waals surface area contributed by atoms with Crippen molar-refractivity contribution in [2.75, 3.05) is 6.54 Å². The Morgan fingerprint density at radius 2 is 2.24 bits per heavy atom. The highest BCUT2D eigenvalue weighted by atomic mass is 79.9. The van der Waals surface area contributed by atoms with Gasteiger partial charge >= 0.3 is 0 Å². The standard InChI is InChI=1S/C11H14BrN3OS/c1-11(2,10(13)17)6-15-9(16)8-4-3-7(12)5-14-8/h3-5H,6H2,1-2H3,(H2,13,17)(H,15,16). The predicted molar refractivity (Wildman–Crippen MR) is 74.8 cm³/mol. The number of amides is 1. The summed E-state index contributed by atoms with van der Waals surface area (Å²) in [5, 5.41) is 2.76. The predicted octanol–water partition coefficient (Wildman–Crippen LogP) is 1.89. The Hall–Kier alpha value is -1.01. The smallest absolute Gasteiger partial charge is 0.269 e. The third-order valence-corrected chi connectivity index (χ3v) is 3.34. The lowest BCUT2D eigenvalue weighted by Gasteiger charge is -2.23. The average molecular weight is 316 g/mol. The van der Waals surface area contributed by atoms with Gasteiger partial charge in [0.2, 0.25) is 0 Å². The van der Waals surface area contributed by atoms with Crippen LogP contribution in [0.2, 0.25) is 0 Å². The maximum atomic E-state index is 11.8. The van der Waals surface area contributed by atoms with Gasteiger partial charge < -0.3 is 11.1 Å². The molecule has 3 N–H and O–H groups in total. The summed E-state index contributed by atoms with van der Waals surface area (Å²) in [6.45, 7) is 4.15. The Kier molecular flexibility index (Phi) is 4.59. The number of pyridine rings is 1. The van der Waals surface area contributed by atoms with Crippen LogP contribution < -0.4 is 11.1 Å². The van der Waals surface area contributed by atoms with Gasteiger partial charge in [0.1, 0.15) is 5.69 Å². The van der Waals surface area contributed by atoms with E-state index >= 15 is 0 Å². The molecule has 0 atom stereocenters. The van der Waals surface area contributed by atoms with E-state index in [1.807, 2.05) is 13.8 Å². The van der Waals surface area contributed by atoms with Crippen LogP contribution in [-0.4, -0.2) is 22.4 Å². The molecule has 1 aromatic rings. The zero-order valence-corrected chi connectivity index (χ0v) is 12.1. The minimum absolute atomic E-state index is 0.234. The van der Waals surface area contributed by atoms with Gasteiger partial charge in [0, 0.05) is 22.6 Å². The maximum absolute atomic E-state index is 11.8. The summed E-state index contributed by atoms with van der Waals surface area (Å²) in [5.41, 5.74) is 5.54. The van der Waals surface area contributed by atoms with Gasteiger partial charge in [0.05, 0.1) is 4.99 Å². The first kappa shape index (κ1) is 14.1. The van der Waals surface area contributed by atoms with Crippen LogP contribution in [0.1, 0.15) is 24.3 Å². The molecule has 1 aromatic heterocycles. The van der Waals surface area contributed by atoms with Crippen molar-refractivity contribution in [3.8, 4) is 0 Å². The second kappa shape index (κ2) is 5.55. The van der Waals surface area contributed by atoms with E-state index in [0.717, 1.165) is 4.47 Å². The molecule has 0 bridgehead atoms. The van der Waals surface area contributed by atoms with Crippen LogP contribution in [0.15, 0.2) is 22.8 Å². The molecule has 1 amide bonds. The Morgan fingerprint density at radius 1 is 1.59 bits per heavy atom. The van der Waals surface area contributed by atoms with Crippen molar-refractivity contribution in [1.29, 1.82) is 0 Å². The van der Waals surface area contributed by atoms with Crippen LogP contribution >= 0.6 is 28.1 Å². The van der Waals surface area contributed by atoms with Gasteiger partial charge in [0.25, 0.3) is 5.91 Å². The first-order valence-electron chi connectivity index (χ1n) is 5.02. The highest BCUT2D eigenvalue weighted by molar-refractivity contribution is 9.10. The van der Waals surface area contributed by atoms with Gasteiger partial charge in [-0.3, -0.25) is 4.79 Å². The van der Waals surface area contributed by atoms with Gasteiger partial charge in [-0.2, -0.15) is 0 Å². The van der Waals surface area contributed by atoms with Crippen LogP contribution in [-0.2, 0) is 0 Å². The normalized spacial score (nSPS) is 11.0. The lowest BCUT2D eigenvalue weighted by Crippen LogP contribution is -2.41. The highest BCUT2D eigenvalue weighted by Crippen LogP contribution is 2.14. The Bertz CT molecular complexity index is 431. The van der Waals surface area contributed by atoms with Crippen molar-refractivity contribution in [3.05, 3.63) is 28.5 Å². The summed E-state index contributed by atoms with van der Waals surface area (Å²) in [5.74, 6) is -0.234. The minimum Gasteiger partial charge on any atom is -0.393 e. The quantitative estimate of drug-likeness (QED) is 0.833. The summed E-state index contributed by atoms with van der Waals surface area (Å²) >= 11 is 8.18. The molecular weight excluding hydrogens is 302 g/mol. The first-order chi connectivity index (χ1) is 7.83. The van der Waals surface area contributed by atoms with E-state index in [0.29, 0.717) is 17.2 Å². The SMILES string of the molecule is CC(C)(CNC(=O)c1ccc(Br)cn1)C(N)=S. The van der Waals surface area contributed by atoms with Crippen molar-refractivity contribution in [2.45, 2.75) is 13.8 Å². The number of nitrogens with two attached hydrogens (primary N) is 1. The van der Waals surface area contributed by atoms with E-state index in [2.05, 4.69) is 26.2 Å². The highest BCUT2D eigenvalue weighted by Gasteiger charge is 2.22. The molecule has 0 unspecified atom stereocenters. The molecular formula is C11H14BrN3OS. The number of carbonyl (C=O) groups excluding carboxylic acids is 1. The van der Waals surface area contributed by atoms with Gasteiger partial charge in [-0.05, 0) is 28.1 Å².